The van der Waals surface area contributed by atoms with Crippen LogP contribution in [-0.2, 0) is 9.53 Å². The Kier molecular flexibility index (Phi) is 3.09. The van der Waals surface area contributed by atoms with Gasteiger partial charge < -0.3 is 9.84 Å². The van der Waals surface area contributed by atoms with E-state index < -0.39 is 11.6 Å². The molecule has 0 heterocycles. The molecule has 3 nitrogen and oxygen atoms in total. The molecule has 0 amide bonds. The first-order valence-electron chi connectivity index (χ1n) is 4.59. The predicted molar refractivity (Wildman–Crippen MR) is 49.6 cm³/mol. The molecule has 1 unspecified atom stereocenters. The minimum Gasteiger partial charge on any atom is -0.479 e. The lowest BCUT2D eigenvalue weighted by Gasteiger charge is -2.28. The van der Waals surface area contributed by atoms with Crippen molar-refractivity contribution in [3.63, 3.8) is 0 Å². The average molecular weight is 184 g/mol. The SMILES string of the molecule is COC(C)(C(=O)O)C1=CCCCC1. The Hall–Kier alpha value is -0.830. The molecule has 0 saturated heterocycles. The number of methoxy groups -OCH3 is 1. The third-order valence-electron chi connectivity index (χ3n) is 2.72. The van der Waals surface area contributed by atoms with Gasteiger partial charge in [-0.05, 0) is 38.2 Å². The molecule has 0 fully saturated rings. The summed E-state index contributed by atoms with van der Waals surface area (Å²) in [6, 6.07) is 0. The Morgan fingerprint density at radius 3 is 2.69 bits per heavy atom. The summed E-state index contributed by atoms with van der Waals surface area (Å²) in [5.41, 5.74) is -0.200. The second kappa shape index (κ2) is 3.92. The van der Waals surface area contributed by atoms with Crippen LogP contribution in [0.1, 0.15) is 32.6 Å². The molecule has 1 aliphatic rings. The first-order valence-corrected chi connectivity index (χ1v) is 4.59. The van der Waals surface area contributed by atoms with Crippen LogP contribution in [-0.4, -0.2) is 23.8 Å². The predicted octanol–water partition coefficient (Wildman–Crippen LogP) is 1.98. The Bertz CT molecular complexity index is 232. The summed E-state index contributed by atoms with van der Waals surface area (Å²) >= 11 is 0. The topological polar surface area (TPSA) is 46.5 Å². The molecule has 0 aromatic rings. The molecule has 13 heavy (non-hydrogen) atoms. The van der Waals surface area contributed by atoms with E-state index in [1.165, 1.54) is 7.11 Å². The van der Waals surface area contributed by atoms with E-state index in [0.29, 0.717) is 0 Å². The first-order chi connectivity index (χ1) is 6.11. The van der Waals surface area contributed by atoms with Gasteiger partial charge in [0.2, 0.25) is 0 Å². The molecular formula is C10H16O3. The molecule has 3 heteroatoms. The molecule has 0 saturated carbocycles. The van der Waals surface area contributed by atoms with E-state index in [0.717, 1.165) is 31.3 Å². The highest BCUT2D eigenvalue weighted by atomic mass is 16.5. The van der Waals surface area contributed by atoms with Crippen LogP contribution in [0, 0.1) is 0 Å². The minimum absolute atomic E-state index is 0.844. The van der Waals surface area contributed by atoms with E-state index in [1.54, 1.807) is 6.92 Å². The van der Waals surface area contributed by atoms with Crippen molar-refractivity contribution >= 4 is 5.97 Å². The third-order valence-corrected chi connectivity index (χ3v) is 2.72. The van der Waals surface area contributed by atoms with Crippen LogP contribution in [0.3, 0.4) is 0 Å². The zero-order valence-corrected chi connectivity index (χ0v) is 8.17. The van der Waals surface area contributed by atoms with Crippen LogP contribution in [0.25, 0.3) is 0 Å². The monoisotopic (exact) mass is 184 g/mol. The van der Waals surface area contributed by atoms with Gasteiger partial charge in [-0.15, -0.1) is 0 Å². The maximum absolute atomic E-state index is 11.0. The van der Waals surface area contributed by atoms with E-state index in [4.69, 9.17) is 9.84 Å². The summed E-state index contributed by atoms with van der Waals surface area (Å²) in [6.07, 6.45) is 6.04. The number of ether oxygens (including phenoxy) is 1. The molecule has 0 spiro atoms. The van der Waals surface area contributed by atoms with Gasteiger partial charge in [-0.25, -0.2) is 4.79 Å². The molecule has 0 radical (unpaired) electrons. The summed E-state index contributed by atoms with van der Waals surface area (Å²) in [4.78, 5) is 11.0. The fraction of sp³-hybridized carbons (Fsp3) is 0.700. The van der Waals surface area contributed by atoms with Gasteiger partial charge in [0.1, 0.15) is 0 Å². The van der Waals surface area contributed by atoms with Crippen molar-refractivity contribution in [2.24, 2.45) is 0 Å². The number of carboxylic acid groups (broad SMARTS) is 1. The zero-order valence-electron chi connectivity index (χ0n) is 8.17. The fourth-order valence-corrected chi connectivity index (χ4v) is 1.63. The number of hydrogen-bond acceptors (Lipinski definition) is 2. The van der Waals surface area contributed by atoms with E-state index in [9.17, 15) is 4.79 Å². The normalized spacial score (nSPS) is 21.8. The average Bonchev–Trinajstić information content (AvgIpc) is 2.17. The van der Waals surface area contributed by atoms with Crippen LogP contribution >= 0.6 is 0 Å². The molecule has 74 valence electrons. The maximum Gasteiger partial charge on any atom is 0.340 e. The highest BCUT2D eigenvalue weighted by Crippen LogP contribution is 2.29. The number of allylic oxidation sites excluding steroid dienone is 1. The molecule has 0 aromatic heterocycles. The highest BCUT2D eigenvalue weighted by Gasteiger charge is 2.37. The molecule has 0 aliphatic heterocycles. The lowest BCUT2D eigenvalue weighted by Crippen LogP contribution is -2.39. The summed E-state index contributed by atoms with van der Waals surface area (Å²) in [5.74, 6) is -0.900. The van der Waals surface area contributed by atoms with Crippen molar-refractivity contribution in [2.75, 3.05) is 7.11 Å². The summed E-state index contributed by atoms with van der Waals surface area (Å²) in [7, 11) is 1.45. The summed E-state index contributed by atoms with van der Waals surface area (Å²) in [5, 5.41) is 9.02. The van der Waals surface area contributed by atoms with E-state index in [2.05, 4.69) is 0 Å². The van der Waals surface area contributed by atoms with Gasteiger partial charge in [-0.1, -0.05) is 6.08 Å². The van der Waals surface area contributed by atoms with Gasteiger partial charge >= 0.3 is 5.97 Å². The van der Waals surface area contributed by atoms with Crippen LogP contribution in [0.2, 0.25) is 0 Å². The van der Waals surface area contributed by atoms with Gasteiger partial charge in [0, 0.05) is 7.11 Å². The van der Waals surface area contributed by atoms with Crippen molar-refractivity contribution in [1.82, 2.24) is 0 Å². The highest BCUT2D eigenvalue weighted by molar-refractivity contribution is 5.81. The fourth-order valence-electron chi connectivity index (χ4n) is 1.63. The van der Waals surface area contributed by atoms with E-state index >= 15 is 0 Å². The Morgan fingerprint density at radius 1 is 1.62 bits per heavy atom. The van der Waals surface area contributed by atoms with Gasteiger partial charge in [-0.3, -0.25) is 0 Å². The number of rotatable bonds is 3. The summed E-state index contributed by atoms with van der Waals surface area (Å²) < 4.78 is 5.07. The summed E-state index contributed by atoms with van der Waals surface area (Å²) in [6.45, 7) is 1.62. The Labute approximate surface area is 78.4 Å². The van der Waals surface area contributed by atoms with Crippen molar-refractivity contribution in [3.05, 3.63) is 11.6 Å². The zero-order chi connectivity index (χ0) is 9.90. The second-order valence-corrected chi connectivity index (χ2v) is 3.52. The lowest BCUT2D eigenvalue weighted by atomic mass is 9.87. The van der Waals surface area contributed by atoms with Gasteiger partial charge in [-0.2, -0.15) is 0 Å². The standard InChI is InChI=1S/C10H16O3/c1-10(13-2,9(11)12)8-6-4-3-5-7-8/h6H,3-5,7H2,1-2H3,(H,11,12). The first kappa shape index (κ1) is 10.3. The van der Waals surface area contributed by atoms with Crippen molar-refractivity contribution < 1.29 is 14.6 Å². The van der Waals surface area contributed by atoms with Crippen molar-refractivity contribution in [1.29, 1.82) is 0 Å². The quantitative estimate of drug-likeness (QED) is 0.682. The van der Waals surface area contributed by atoms with Crippen molar-refractivity contribution in [2.45, 2.75) is 38.2 Å². The molecule has 0 bridgehead atoms. The largest absolute Gasteiger partial charge is 0.479 e. The van der Waals surface area contributed by atoms with E-state index in [-0.39, 0.29) is 0 Å². The van der Waals surface area contributed by atoms with Gasteiger partial charge in [0.15, 0.2) is 5.60 Å². The van der Waals surface area contributed by atoms with Crippen LogP contribution in [0.4, 0.5) is 0 Å². The van der Waals surface area contributed by atoms with Crippen molar-refractivity contribution in [3.8, 4) is 0 Å². The van der Waals surface area contributed by atoms with Gasteiger partial charge in [0.25, 0.3) is 0 Å². The van der Waals surface area contributed by atoms with Gasteiger partial charge in [0.05, 0.1) is 0 Å². The minimum atomic E-state index is -1.11. The Balaban J connectivity index is 2.87. The maximum atomic E-state index is 11.0. The van der Waals surface area contributed by atoms with E-state index in [1.807, 2.05) is 6.08 Å². The van der Waals surface area contributed by atoms with Crippen LogP contribution in [0.5, 0.6) is 0 Å². The van der Waals surface area contributed by atoms with Crippen LogP contribution < -0.4 is 0 Å². The molecule has 1 N–H and O–H groups in total. The van der Waals surface area contributed by atoms with Crippen LogP contribution in [0.15, 0.2) is 11.6 Å². The molecule has 1 aliphatic carbocycles. The molecule has 0 aromatic carbocycles. The number of carbonyl (C=O) groups is 1. The smallest absolute Gasteiger partial charge is 0.340 e. The number of aliphatic carboxylic acids is 1. The molecule has 1 rings (SSSR count). The molecule has 1 atom stereocenters. The third kappa shape index (κ3) is 1.91. The lowest BCUT2D eigenvalue weighted by molar-refractivity contribution is -0.156. The Morgan fingerprint density at radius 2 is 2.31 bits per heavy atom. The number of hydrogen-bond donors (Lipinski definition) is 1. The molecular weight excluding hydrogens is 168 g/mol. The second-order valence-electron chi connectivity index (χ2n) is 3.52. The number of carboxylic acids is 1.